The molecular formula is C15H17ClN8O2. The molecule has 5 N–H and O–H groups in total. The van der Waals surface area contributed by atoms with Gasteiger partial charge in [0.15, 0.2) is 28.6 Å². The molecule has 1 aromatic rings. The third kappa shape index (κ3) is 3.39. The Kier molecular flexibility index (Phi) is 4.65. The molecule has 10 nitrogen and oxygen atoms in total. The second-order valence-corrected chi connectivity index (χ2v) is 6.63. The number of aliphatic imine (C=N–C) groups is 1. The van der Waals surface area contributed by atoms with E-state index in [0.29, 0.717) is 38.2 Å². The molecule has 0 bridgehead atoms. The van der Waals surface area contributed by atoms with Gasteiger partial charge in [-0.05, 0) is 19.3 Å². The van der Waals surface area contributed by atoms with E-state index in [9.17, 15) is 9.59 Å². The van der Waals surface area contributed by atoms with E-state index in [2.05, 4.69) is 20.3 Å². The standard InChI is InChI=1S/C15H17ClN8O2/c16-11-13(19)22-12(18)10(21-11)14(26)20-8-1-2-15(23-8)3-5-24(6-4-15)9(25)7-17/h1-6H2,(H4,18,19,22)(H,20,23,26). The highest BCUT2D eigenvalue weighted by Crippen LogP contribution is 2.35. The molecule has 1 fully saturated rings. The fourth-order valence-corrected chi connectivity index (χ4v) is 3.32. The first-order valence-electron chi connectivity index (χ1n) is 8.01. The second-order valence-electron chi connectivity index (χ2n) is 6.27. The molecule has 0 saturated carbocycles. The number of nitrogens with zero attached hydrogens (tertiary/aromatic N) is 5. The molecule has 2 amide bonds. The van der Waals surface area contributed by atoms with Crippen LogP contribution in [0.1, 0.15) is 36.2 Å². The van der Waals surface area contributed by atoms with Crippen molar-refractivity contribution in [2.45, 2.75) is 31.2 Å². The van der Waals surface area contributed by atoms with Crippen LogP contribution in [-0.2, 0) is 4.79 Å². The number of nitrogens with two attached hydrogens (primary N) is 2. The van der Waals surface area contributed by atoms with Crippen LogP contribution >= 0.6 is 11.6 Å². The van der Waals surface area contributed by atoms with Gasteiger partial charge < -0.3 is 21.7 Å². The van der Waals surface area contributed by atoms with Crippen LogP contribution in [-0.4, -0.2) is 51.1 Å². The van der Waals surface area contributed by atoms with E-state index in [1.807, 2.05) is 0 Å². The highest BCUT2D eigenvalue weighted by Gasteiger charge is 2.39. The molecule has 3 rings (SSSR count). The Bertz CT molecular complexity index is 839. The van der Waals surface area contributed by atoms with Crippen molar-refractivity contribution in [2.75, 3.05) is 24.6 Å². The van der Waals surface area contributed by atoms with Crippen molar-refractivity contribution in [1.82, 2.24) is 20.2 Å². The van der Waals surface area contributed by atoms with Gasteiger partial charge in [0.25, 0.3) is 5.91 Å². The zero-order valence-electron chi connectivity index (χ0n) is 13.8. The van der Waals surface area contributed by atoms with Gasteiger partial charge in [-0.25, -0.2) is 9.97 Å². The molecule has 0 atom stereocenters. The lowest BCUT2D eigenvalue weighted by Gasteiger charge is -2.36. The van der Waals surface area contributed by atoms with Gasteiger partial charge in [0.05, 0.1) is 5.54 Å². The lowest BCUT2D eigenvalue weighted by atomic mass is 9.86. The van der Waals surface area contributed by atoms with E-state index in [1.165, 1.54) is 4.90 Å². The molecule has 1 saturated heterocycles. The number of aromatic nitrogens is 2. The number of hydrogen-bond acceptors (Lipinski definition) is 8. The number of rotatable bonds is 1. The summed E-state index contributed by atoms with van der Waals surface area (Å²) in [6, 6.07) is 1.63. The number of carbonyl (C=O) groups is 2. The number of nitrogen functional groups attached to an aromatic ring is 2. The van der Waals surface area contributed by atoms with Crippen LogP contribution in [0.15, 0.2) is 4.99 Å². The van der Waals surface area contributed by atoms with Crippen molar-refractivity contribution in [2.24, 2.45) is 4.99 Å². The summed E-state index contributed by atoms with van der Waals surface area (Å²) in [6.45, 7) is 0.951. The van der Waals surface area contributed by atoms with Crippen LogP contribution in [0.5, 0.6) is 0 Å². The molecule has 1 spiro atoms. The predicted octanol–water partition coefficient (Wildman–Crippen LogP) is 0.101. The van der Waals surface area contributed by atoms with Crippen LogP contribution < -0.4 is 16.8 Å². The maximum atomic E-state index is 12.4. The molecule has 136 valence electrons. The summed E-state index contributed by atoms with van der Waals surface area (Å²) in [5, 5.41) is 11.3. The van der Waals surface area contributed by atoms with Crippen molar-refractivity contribution in [3.05, 3.63) is 10.8 Å². The minimum atomic E-state index is -0.551. The molecule has 2 aliphatic heterocycles. The van der Waals surface area contributed by atoms with Gasteiger partial charge in [-0.2, -0.15) is 5.26 Å². The maximum absolute atomic E-state index is 12.4. The monoisotopic (exact) mass is 376 g/mol. The quantitative estimate of drug-likeness (QED) is 0.585. The van der Waals surface area contributed by atoms with E-state index in [1.54, 1.807) is 6.07 Å². The van der Waals surface area contributed by atoms with Gasteiger partial charge in [-0.3, -0.25) is 14.6 Å². The lowest BCUT2D eigenvalue weighted by molar-refractivity contribution is -0.126. The summed E-state index contributed by atoms with van der Waals surface area (Å²) >= 11 is 5.79. The Morgan fingerprint density at radius 1 is 1.19 bits per heavy atom. The van der Waals surface area contributed by atoms with Crippen molar-refractivity contribution in [1.29, 1.82) is 5.26 Å². The first-order chi connectivity index (χ1) is 12.3. The first-order valence-corrected chi connectivity index (χ1v) is 8.39. The topological polar surface area (TPSA) is 163 Å². The number of likely N-dealkylation sites (tertiary alicyclic amines) is 1. The second kappa shape index (κ2) is 6.76. The van der Waals surface area contributed by atoms with E-state index >= 15 is 0 Å². The molecule has 2 aliphatic rings. The lowest BCUT2D eigenvalue weighted by Crippen LogP contribution is -2.44. The van der Waals surface area contributed by atoms with Gasteiger partial charge in [0.1, 0.15) is 5.84 Å². The number of anilines is 2. The summed E-state index contributed by atoms with van der Waals surface area (Å²) in [7, 11) is 0. The summed E-state index contributed by atoms with van der Waals surface area (Å²) in [6.07, 6.45) is 2.65. The molecule has 1 aromatic heterocycles. The van der Waals surface area contributed by atoms with Crippen LogP contribution in [0.4, 0.5) is 11.6 Å². The average Bonchev–Trinajstić information content (AvgIpc) is 3.00. The molecular weight excluding hydrogens is 360 g/mol. The Hall–Kier alpha value is -2.93. The first kappa shape index (κ1) is 17.9. The van der Waals surface area contributed by atoms with E-state index in [0.717, 1.165) is 6.42 Å². The largest absolute Gasteiger partial charge is 0.382 e. The Labute approximate surface area is 154 Å². The Morgan fingerprint density at radius 2 is 1.88 bits per heavy atom. The van der Waals surface area contributed by atoms with E-state index in [-0.39, 0.29) is 28.0 Å². The normalized spacial score (nSPS) is 18.3. The fraction of sp³-hybridized carbons (Fsp3) is 0.467. The number of hydrogen-bond donors (Lipinski definition) is 3. The number of halogens is 1. The van der Waals surface area contributed by atoms with Crippen molar-refractivity contribution < 1.29 is 9.59 Å². The minimum Gasteiger partial charge on any atom is -0.382 e. The third-order valence-corrected chi connectivity index (χ3v) is 4.93. The van der Waals surface area contributed by atoms with Crippen LogP contribution in [0.3, 0.4) is 0 Å². The van der Waals surface area contributed by atoms with Gasteiger partial charge in [-0.1, -0.05) is 11.6 Å². The Morgan fingerprint density at radius 3 is 2.54 bits per heavy atom. The molecule has 0 aromatic carbocycles. The molecule has 26 heavy (non-hydrogen) atoms. The molecule has 0 unspecified atom stereocenters. The SMILES string of the molecule is N#CC(=O)N1CCC2(CCC(NC(=O)c3nc(Cl)c(N)nc3N)=N2)CC1. The number of amides is 2. The predicted molar refractivity (Wildman–Crippen MR) is 94.2 cm³/mol. The van der Waals surface area contributed by atoms with E-state index < -0.39 is 11.8 Å². The summed E-state index contributed by atoms with van der Waals surface area (Å²) in [5.41, 5.74) is 10.8. The summed E-state index contributed by atoms with van der Waals surface area (Å²) in [5.74, 6) is -0.698. The van der Waals surface area contributed by atoms with E-state index in [4.69, 9.17) is 28.3 Å². The smallest absolute Gasteiger partial charge is 0.324 e. The van der Waals surface area contributed by atoms with Gasteiger partial charge >= 0.3 is 5.91 Å². The fourth-order valence-electron chi connectivity index (χ4n) is 3.20. The number of nitrogens with one attached hydrogen (secondary N) is 1. The van der Waals surface area contributed by atoms with Gasteiger partial charge in [0, 0.05) is 19.5 Å². The van der Waals surface area contributed by atoms with Gasteiger partial charge in [0.2, 0.25) is 0 Å². The average molecular weight is 377 g/mol. The zero-order chi connectivity index (χ0) is 18.9. The summed E-state index contributed by atoms with van der Waals surface area (Å²) in [4.78, 5) is 37.6. The van der Waals surface area contributed by atoms with Crippen molar-refractivity contribution in [3.63, 3.8) is 0 Å². The van der Waals surface area contributed by atoms with Crippen LogP contribution in [0.25, 0.3) is 0 Å². The van der Waals surface area contributed by atoms with Crippen molar-refractivity contribution >= 4 is 40.9 Å². The number of amidine groups is 1. The summed E-state index contributed by atoms with van der Waals surface area (Å²) < 4.78 is 0. The van der Waals surface area contributed by atoms with Gasteiger partial charge in [-0.15, -0.1) is 0 Å². The zero-order valence-corrected chi connectivity index (χ0v) is 14.6. The third-order valence-electron chi connectivity index (χ3n) is 4.65. The molecule has 3 heterocycles. The number of piperidine rings is 1. The maximum Gasteiger partial charge on any atom is 0.324 e. The number of nitriles is 1. The minimum absolute atomic E-state index is 0.0449. The molecule has 0 radical (unpaired) electrons. The number of carbonyl (C=O) groups excluding carboxylic acids is 2. The van der Waals surface area contributed by atoms with Crippen LogP contribution in [0.2, 0.25) is 5.15 Å². The van der Waals surface area contributed by atoms with Crippen LogP contribution in [0, 0.1) is 11.3 Å². The van der Waals surface area contributed by atoms with Crippen molar-refractivity contribution in [3.8, 4) is 6.07 Å². The highest BCUT2D eigenvalue weighted by atomic mass is 35.5. The molecule has 0 aliphatic carbocycles. The Balaban J connectivity index is 1.68. The molecule has 11 heteroatoms. The highest BCUT2D eigenvalue weighted by molar-refractivity contribution is 6.31.